The molecule has 1 aromatic carbocycles. The summed E-state index contributed by atoms with van der Waals surface area (Å²) < 4.78 is 14.7. The summed E-state index contributed by atoms with van der Waals surface area (Å²) in [7, 11) is 1.78. The predicted octanol–water partition coefficient (Wildman–Crippen LogP) is 2.94. The summed E-state index contributed by atoms with van der Waals surface area (Å²) in [5, 5.41) is 8.71. The van der Waals surface area contributed by atoms with Crippen molar-refractivity contribution < 1.29 is 19.1 Å². The summed E-state index contributed by atoms with van der Waals surface area (Å²) in [6.45, 7) is 5.81. The van der Waals surface area contributed by atoms with Gasteiger partial charge in [-0.25, -0.2) is 14.2 Å². The molecule has 1 amide bonds. The molecule has 0 spiro atoms. The molecule has 1 aliphatic heterocycles. The van der Waals surface area contributed by atoms with Crippen LogP contribution in [0.1, 0.15) is 24.5 Å². The Morgan fingerprint density at radius 3 is 2.70 bits per heavy atom. The first kappa shape index (κ1) is 19.8. The van der Waals surface area contributed by atoms with Crippen LogP contribution in [-0.2, 0) is 9.59 Å². The van der Waals surface area contributed by atoms with Gasteiger partial charge in [-0.1, -0.05) is 31.7 Å². The molecule has 0 radical (unpaired) electrons. The average molecular weight is 369 g/mol. The van der Waals surface area contributed by atoms with Crippen LogP contribution < -0.4 is 5.73 Å². The second-order valence-electron chi connectivity index (χ2n) is 5.82. The Morgan fingerprint density at radius 2 is 2.11 bits per heavy atom. The number of aliphatic imine (C=N–C) groups is 1. The molecule has 0 unspecified atom stereocenters. The van der Waals surface area contributed by atoms with Crippen LogP contribution in [0.2, 0.25) is 0 Å². The Bertz CT molecular complexity index is 926. The van der Waals surface area contributed by atoms with E-state index in [4.69, 9.17) is 10.8 Å². The molecule has 0 aliphatic carbocycles. The number of benzene rings is 1. The standard InChI is InChI=1S/C20H20FN3O3/c1-4-14-11-16(20(22)27)23-17(24(14)3)10-12(2)15-7-5-6-13(19(15)21)8-9-18(25)26/h5-11H,2,4H2,1,3H3,(H2,22,27)(H,25,26)/b9-8+,17-10-. The SMILES string of the molecule is C=C(/C=C1/N=C(C(N)=O)C=C(CC)N1C)c1cccc(/C=C/C(=O)O)c1F. The van der Waals surface area contributed by atoms with Gasteiger partial charge >= 0.3 is 5.97 Å². The summed E-state index contributed by atoms with van der Waals surface area (Å²) in [5.74, 6) is -2.02. The van der Waals surface area contributed by atoms with Gasteiger partial charge in [-0.15, -0.1) is 0 Å². The number of nitrogens with zero attached hydrogens (tertiary/aromatic N) is 2. The van der Waals surface area contributed by atoms with Crippen LogP contribution in [0.4, 0.5) is 4.39 Å². The lowest BCUT2D eigenvalue weighted by atomic mass is 10.0. The molecule has 7 heteroatoms. The van der Waals surface area contributed by atoms with Crippen LogP contribution in [0.25, 0.3) is 11.6 Å². The first-order chi connectivity index (χ1) is 12.7. The third kappa shape index (κ3) is 4.58. The fourth-order valence-electron chi connectivity index (χ4n) is 2.55. The number of carbonyl (C=O) groups is 2. The summed E-state index contributed by atoms with van der Waals surface area (Å²) in [5.41, 5.74) is 6.93. The van der Waals surface area contributed by atoms with Crippen LogP contribution in [0.3, 0.4) is 0 Å². The van der Waals surface area contributed by atoms with E-state index < -0.39 is 17.7 Å². The fraction of sp³-hybridized carbons (Fsp3) is 0.150. The molecule has 1 aliphatic rings. The largest absolute Gasteiger partial charge is 0.478 e. The Labute approximate surface area is 156 Å². The third-order valence-corrected chi connectivity index (χ3v) is 4.01. The first-order valence-electron chi connectivity index (χ1n) is 8.17. The van der Waals surface area contributed by atoms with Crippen LogP contribution >= 0.6 is 0 Å². The van der Waals surface area contributed by atoms with Gasteiger partial charge in [0.1, 0.15) is 17.3 Å². The highest BCUT2D eigenvalue weighted by Gasteiger charge is 2.19. The van der Waals surface area contributed by atoms with Crippen molar-refractivity contribution in [3.05, 3.63) is 71.5 Å². The van der Waals surface area contributed by atoms with E-state index in [1.54, 1.807) is 30.2 Å². The number of primary amides is 1. The van der Waals surface area contributed by atoms with Crippen molar-refractivity contribution in [2.24, 2.45) is 10.7 Å². The van der Waals surface area contributed by atoms with Crippen molar-refractivity contribution in [1.82, 2.24) is 4.90 Å². The van der Waals surface area contributed by atoms with E-state index in [9.17, 15) is 14.0 Å². The number of rotatable bonds is 6. The van der Waals surface area contributed by atoms with Gasteiger partial charge in [0, 0.05) is 29.9 Å². The van der Waals surface area contributed by atoms with Crippen molar-refractivity contribution in [2.45, 2.75) is 13.3 Å². The molecule has 0 saturated carbocycles. The van der Waals surface area contributed by atoms with Gasteiger partial charge in [0.15, 0.2) is 0 Å². The molecule has 0 aromatic heterocycles. The first-order valence-corrected chi connectivity index (χ1v) is 8.17. The van der Waals surface area contributed by atoms with Crippen molar-refractivity contribution in [2.75, 3.05) is 7.05 Å². The minimum absolute atomic E-state index is 0.114. The van der Waals surface area contributed by atoms with Gasteiger partial charge in [-0.05, 0) is 30.2 Å². The Morgan fingerprint density at radius 1 is 1.41 bits per heavy atom. The number of carboxylic acid groups (broad SMARTS) is 1. The van der Waals surface area contributed by atoms with E-state index in [-0.39, 0.29) is 16.8 Å². The van der Waals surface area contributed by atoms with Crippen LogP contribution in [0.5, 0.6) is 0 Å². The van der Waals surface area contributed by atoms with Gasteiger partial charge in [0.2, 0.25) is 0 Å². The molecule has 140 valence electrons. The summed E-state index contributed by atoms with van der Waals surface area (Å²) in [4.78, 5) is 28.1. The molecule has 2 rings (SSSR count). The molecule has 0 atom stereocenters. The Hall–Kier alpha value is -3.48. The van der Waals surface area contributed by atoms with Gasteiger partial charge in [-0.2, -0.15) is 0 Å². The van der Waals surface area contributed by atoms with Crippen LogP contribution in [0, 0.1) is 5.82 Å². The number of aliphatic carboxylic acids is 1. The number of hydrogen-bond acceptors (Lipinski definition) is 4. The number of nitrogens with two attached hydrogens (primary N) is 1. The highest BCUT2D eigenvalue weighted by atomic mass is 19.1. The zero-order chi connectivity index (χ0) is 20.1. The second kappa shape index (κ2) is 8.27. The smallest absolute Gasteiger partial charge is 0.328 e. The van der Waals surface area contributed by atoms with E-state index in [0.717, 1.165) is 11.8 Å². The normalized spacial score (nSPS) is 15.7. The number of allylic oxidation sites excluding steroid dienone is 3. The van der Waals surface area contributed by atoms with Crippen LogP contribution in [-0.4, -0.2) is 34.6 Å². The zero-order valence-corrected chi connectivity index (χ0v) is 15.1. The van der Waals surface area contributed by atoms with Gasteiger partial charge < -0.3 is 15.7 Å². The highest BCUT2D eigenvalue weighted by Crippen LogP contribution is 2.26. The van der Waals surface area contributed by atoms with E-state index in [1.807, 2.05) is 6.92 Å². The zero-order valence-electron chi connectivity index (χ0n) is 15.1. The van der Waals surface area contributed by atoms with Crippen LogP contribution in [0.15, 0.2) is 59.5 Å². The third-order valence-electron chi connectivity index (χ3n) is 4.01. The Balaban J connectivity index is 2.44. The number of amides is 1. The van der Waals surface area contributed by atoms with Gasteiger partial charge in [-0.3, -0.25) is 4.79 Å². The number of carbonyl (C=O) groups excluding carboxylic acids is 1. The highest BCUT2D eigenvalue weighted by molar-refractivity contribution is 6.43. The lowest BCUT2D eigenvalue weighted by Gasteiger charge is -2.26. The minimum atomic E-state index is -1.17. The molecule has 0 saturated heterocycles. The number of halogens is 1. The fourth-order valence-corrected chi connectivity index (χ4v) is 2.55. The van der Waals surface area contributed by atoms with Crippen molar-refractivity contribution in [1.29, 1.82) is 0 Å². The minimum Gasteiger partial charge on any atom is -0.478 e. The summed E-state index contributed by atoms with van der Waals surface area (Å²) >= 11 is 0. The lowest BCUT2D eigenvalue weighted by molar-refractivity contribution is -0.131. The summed E-state index contributed by atoms with van der Waals surface area (Å²) in [6.07, 6.45) is 5.85. The van der Waals surface area contributed by atoms with E-state index in [1.165, 1.54) is 18.2 Å². The number of hydrogen-bond donors (Lipinski definition) is 2. The molecule has 0 fully saturated rings. The molecule has 1 aromatic rings. The maximum absolute atomic E-state index is 14.7. The topological polar surface area (TPSA) is 96.0 Å². The lowest BCUT2D eigenvalue weighted by Crippen LogP contribution is -2.29. The van der Waals surface area contributed by atoms with Crippen molar-refractivity contribution in [3.8, 4) is 0 Å². The molecule has 6 nitrogen and oxygen atoms in total. The monoisotopic (exact) mass is 369 g/mol. The van der Waals surface area contributed by atoms with E-state index in [2.05, 4.69) is 11.6 Å². The Kier molecular flexibility index (Phi) is 6.07. The quantitative estimate of drug-likeness (QED) is 0.754. The molecular weight excluding hydrogens is 349 g/mol. The predicted molar refractivity (Wildman–Crippen MR) is 103 cm³/mol. The second-order valence-corrected chi connectivity index (χ2v) is 5.82. The molecular formula is C20H20FN3O3. The van der Waals surface area contributed by atoms with Gasteiger partial charge in [0.25, 0.3) is 5.91 Å². The van der Waals surface area contributed by atoms with E-state index in [0.29, 0.717) is 17.8 Å². The molecule has 0 bridgehead atoms. The maximum Gasteiger partial charge on any atom is 0.328 e. The average Bonchev–Trinajstić information content (AvgIpc) is 2.62. The molecule has 1 heterocycles. The molecule has 27 heavy (non-hydrogen) atoms. The van der Waals surface area contributed by atoms with Crippen molar-refractivity contribution >= 4 is 29.2 Å². The summed E-state index contributed by atoms with van der Waals surface area (Å²) in [6, 6.07) is 4.60. The maximum atomic E-state index is 14.7. The van der Waals surface area contributed by atoms with E-state index >= 15 is 0 Å². The van der Waals surface area contributed by atoms with Crippen molar-refractivity contribution in [3.63, 3.8) is 0 Å². The molecule has 3 N–H and O–H groups in total. The van der Waals surface area contributed by atoms with Gasteiger partial charge in [0.05, 0.1) is 0 Å². The number of carboxylic acids is 1.